The molecule has 72 valence electrons. The van der Waals surface area contributed by atoms with Crippen molar-refractivity contribution in [2.24, 2.45) is 5.73 Å². The first-order valence-corrected chi connectivity index (χ1v) is 3.83. The molecule has 0 atom stereocenters. The van der Waals surface area contributed by atoms with E-state index in [1.54, 1.807) is 4.57 Å². The van der Waals surface area contributed by atoms with Crippen LogP contribution in [0.25, 0.3) is 0 Å². The Kier molecular flexibility index (Phi) is 4.42. The minimum absolute atomic E-state index is 0. The third-order valence-corrected chi connectivity index (χ3v) is 1.53. The van der Waals surface area contributed by atoms with E-state index in [2.05, 4.69) is 6.07 Å². The van der Waals surface area contributed by atoms with Gasteiger partial charge in [0.25, 0.3) is 5.91 Å². The molecule has 0 spiro atoms. The molecule has 1 amide bonds. The minimum atomic E-state index is -0.315. The van der Waals surface area contributed by atoms with Crippen LogP contribution in [-0.4, -0.2) is 5.91 Å². The van der Waals surface area contributed by atoms with Crippen molar-refractivity contribution in [1.29, 1.82) is 0 Å². The fourth-order valence-electron chi connectivity index (χ4n) is 1.27. The van der Waals surface area contributed by atoms with Gasteiger partial charge in [-0.3, -0.25) is 4.79 Å². The van der Waals surface area contributed by atoms with Crippen molar-refractivity contribution in [2.45, 2.75) is 20.4 Å². The molecule has 0 aromatic carbocycles. The highest BCUT2D eigenvalue weighted by Crippen LogP contribution is 1.96. The maximum atomic E-state index is 10.6. The van der Waals surface area contributed by atoms with Gasteiger partial charge in [-0.15, -0.1) is 0 Å². The zero-order valence-corrected chi connectivity index (χ0v) is 8.51. The number of carbonyl (C=O) groups is 1. The fraction of sp³-hybridized carbons (Fsp3) is 0.333. The van der Waals surface area contributed by atoms with Crippen LogP contribution in [0, 0.1) is 13.8 Å². The lowest BCUT2D eigenvalue weighted by atomic mass is 10.2. The number of rotatable bonds is 2. The van der Waals surface area contributed by atoms with Crippen molar-refractivity contribution in [3.63, 3.8) is 0 Å². The van der Waals surface area contributed by atoms with Crippen LogP contribution < -0.4 is 22.7 Å². The molecule has 4 heteroatoms. The number of hydrogen-bond donors (Lipinski definition) is 1. The van der Waals surface area contributed by atoms with Gasteiger partial charge >= 0.3 is 0 Å². The molecule has 1 aromatic rings. The Bertz CT molecular complexity index is 292. The Morgan fingerprint density at radius 1 is 1.38 bits per heavy atom. The number of carbonyl (C=O) groups excluding carboxylic acids is 1. The van der Waals surface area contributed by atoms with Crippen LogP contribution in [0.1, 0.15) is 11.1 Å². The molecular weight excluding hydrogens is 188 g/mol. The van der Waals surface area contributed by atoms with Gasteiger partial charge in [-0.05, 0) is 19.9 Å². The number of pyridine rings is 1. The lowest BCUT2D eigenvalue weighted by molar-refractivity contribution is -0.684. The van der Waals surface area contributed by atoms with Gasteiger partial charge in [-0.25, -0.2) is 0 Å². The van der Waals surface area contributed by atoms with Gasteiger partial charge in [-0.2, -0.15) is 4.57 Å². The second-order valence-corrected chi connectivity index (χ2v) is 3.03. The SMILES string of the molecule is Cc1cc(C)c[n+](CC(N)=O)c1.[Cl-]. The van der Waals surface area contributed by atoms with Gasteiger partial charge in [0.15, 0.2) is 12.4 Å². The monoisotopic (exact) mass is 200 g/mol. The summed E-state index contributed by atoms with van der Waals surface area (Å²) in [5.74, 6) is -0.315. The first-order valence-electron chi connectivity index (χ1n) is 3.83. The molecule has 1 aromatic heterocycles. The Balaban J connectivity index is 0.00000144. The van der Waals surface area contributed by atoms with Crippen molar-refractivity contribution in [3.8, 4) is 0 Å². The number of halogens is 1. The molecule has 0 fully saturated rings. The normalized spacial score (nSPS) is 9.08. The van der Waals surface area contributed by atoms with Crippen molar-refractivity contribution in [2.75, 3.05) is 0 Å². The molecule has 1 rings (SSSR count). The van der Waals surface area contributed by atoms with Crippen LogP contribution in [0.5, 0.6) is 0 Å². The molecular formula is C9H13ClN2O. The van der Waals surface area contributed by atoms with Crippen LogP contribution in [0.3, 0.4) is 0 Å². The van der Waals surface area contributed by atoms with Gasteiger partial charge in [-0.1, -0.05) is 0 Å². The molecule has 0 saturated carbocycles. The second kappa shape index (κ2) is 4.82. The molecule has 0 aliphatic carbocycles. The van der Waals surface area contributed by atoms with Gasteiger partial charge in [0.2, 0.25) is 6.54 Å². The number of aromatic nitrogens is 1. The zero-order valence-electron chi connectivity index (χ0n) is 7.75. The van der Waals surface area contributed by atoms with Crippen LogP contribution >= 0.6 is 0 Å². The Labute approximate surface area is 84.0 Å². The van der Waals surface area contributed by atoms with Crippen LogP contribution in [0.2, 0.25) is 0 Å². The highest BCUT2D eigenvalue weighted by atomic mass is 35.5. The topological polar surface area (TPSA) is 47.0 Å². The number of hydrogen-bond acceptors (Lipinski definition) is 1. The first kappa shape index (κ1) is 11.9. The lowest BCUT2D eigenvalue weighted by Crippen LogP contribution is -3.00. The second-order valence-electron chi connectivity index (χ2n) is 3.03. The third-order valence-electron chi connectivity index (χ3n) is 1.53. The molecule has 0 aliphatic rings. The fourth-order valence-corrected chi connectivity index (χ4v) is 1.27. The van der Waals surface area contributed by atoms with E-state index in [1.807, 2.05) is 26.2 Å². The molecule has 0 saturated heterocycles. The van der Waals surface area contributed by atoms with Crippen LogP contribution in [-0.2, 0) is 11.3 Å². The third kappa shape index (κ3) is 3.90. The molecule has 0 unspecified atom stereocenters. The van der Waals surface area contributed by atoms with Gasteiger partial charge in [0.05, 0.1) is 0 Å². The summed E-state index contributed by atoms with van der Waals surface area (Å²) in [5, 5.41) is 0. The average molecular weight is 201 g/mol. The zero-order chi connectivity index (χ0) is 9.14. The van der Waals surface area contributed by atoms with Crippen LogP contribution in [0.4, 0.5) is 0 Å². The standard InChI is InChI=1S/C9H12N2O.ClH/c1-7-3-8(2)5-11(4-7)6-9(10)12;/h3-5H,6H2,1-2H3,(H-,10,12);1H. The summed E-state index contributed by atoms with van der Waals surface area (Å²) in [6.07, 6.45) is 3.80. The van der Waals surface area contributed by atoms with Crippen molar-refractivity contribution < 1.29 is 21.8 Å². The predicted octanol–water partition coefficient (Wildman–Crippen LogP) is -2.92. The minimum Gasteiger partial charge on any atom is -1.00 e. The lowest BCUT2D eigenvalue weighted by Gasteiger charge is -1.96. The van der Waals surface area contributed by atoms with E-state index in [1.165, 1.54) is 0 Å². The summed E-state index contributed by atoms with van der Waals surface area (Å²) in [7, 11) is 0. The summed E-state index contributed by atoms with van der Waals surface area (Å²) in [6.45, 7) is 4.23. The molecule has 0 aliphatic heterocycles. The van der Waals surface area contributed by atoms with Gasteiger partial charge in [0, 0.05) is 11.1 Å². The van der Waals surface area contributed by atoms with E-state index >= 15 is 0 Å². The molecule has 2 N–H and O–H groups in total. The maximum absolute atomic E-state index is 10.6. The van der Waals surface area contributed by atoms with E-state index in [0.29, 0.717) is 0 Å². The highest BCUT2D eigenvalue weighted by Gasteiger charge is 2.05. The molecule has 13 heavy (non-hydrogen) atoms. The van der Waals surface area contributed by atoms with Crippen LogP contribution in [0.15, 0.2) is 18.5 Å². The number of aryl methyl sites for hydroxylation is 2. The van der Waals surface area contributed by atoms with E-state index in [4.69, 9.17) is 5.73 Å². The molecule has 0 radical (unpaired) electrons. The number of primary amides is 1. The van der Waals surface area contributed by atoms with Crippen molar-refractivity contribution in [3.05, 3.63) is 29.6 Å². The van der Waals surface area contributed by atoms with E-state index in [-0.39, 0.29) is 24.9 Å². The highest BCUT2D eigenvalue weighted by molar-refractivity contribution is 5.72. The Hall–Kier alpha value is -1.09. The van der Waals surface area contributed by atoms with E-state index < -0.39 is 0 Å². The molecule has 3 nitrogen and oxygen atoms in total. The number of nitrogens with zero attached hydrogens (tertiary/aromatic N) is 1. The maximum Gasteiger partial charge on any atom is 0.283 e. The first-order chi connectivity index (χ1) is 5.58. The summed E-state index contributed by atoms with van der Waals surface area (Å²) in [6, 6.07) is 2.05. The summed E-state index contributed by atoms with van der Waals surface area (Å²) >= 11 is 0. The summed E-state index contributed by atoms with van der Waals surface area (Å²) in [4.78, 5) is 10.6. The van der Waals surface area contributed by atoms with E-state index in [9.17, 15) is 4.79 Å². The summed E-state index contributed by atoms with van der Waals surface area (Å²) in [5.41, 5.74) is 7.34. The quantitative estimate of drug-likeness (QED) is 0.511. The molecule has 0 bridgehead atoms. The van der Waals surface area contributed by atoms with Gasteiger partial charge in [0.1, 0.15) is 0 Å². The van der Waals surface area contributed by atoms with Gasteiger partial charge < -0.3 is 18.1 Å². The smallest absolute Gasteiger partial charge is 0.283 e. The average Bonchev–Trinajstić information content (AvgIpc) is 1.81. The Morgan fingerprint density at radius 2 is 1.85 bits per heavy atom. The largest absolute Gasteiger partial charge is 1.00 e. The summed E-state index contributed by atoms with van der Waals surface area (Å²) < 4.78 is 1.80. The predicted molar refractivity (Wildman–Crippen MR) is 45.3 cm³/mol. The van der Waals surface area contributed by atoms with E-state index in [0.717, 1.165) is 11.1 Å². The molecule has 1 heterocycles. The number of amides is 1. The number of nitrogens with two attached hydrogens (primary N) is 1. The Morgan fingerprint density at radius 3 is 2.23 bits per heavy atom. The van der Waals surface area contributed by atoms with Crippen molar-refractivity contribution >= 4 is 5.91 Å². The van der Waals surface area contributed by atoms with Crippen molar-refractivity contribution in [1.82, 2.24) is 0 Å².